The summed E-state index contributed by atoms with van der Waals surface area (Å²) in [4.78, 5) is 28.9. The van der Waals surface area contributed by atoms with Crippen molar-refractivity contribution in [3.63, 3.8) is 0 Å². The summed E-state index contributed by atoms with van der Waals surface area (Å²) in [6.07, 6.45) is -1.45. The molecular weight excluding hydrogens is 471 g/mol. The van der Waals surface area contributed by atoms with E-state index in [4.69, 9.17) is 11.6 Å². The van der Waals surface area contributed by atoms with Gasteiger partial charge in [-0.15, -0.1) is 0 Å². The number of hydrogen-bond acceptors (Lipinski definition) is 6. The third-order valence-electron chi connectivity index (χ3n) is 5.24. The van der Waals surface area contributed by atoms with Crippen molar-refractivity contribution in [2.24, 2.45) is 0 Å². The maximum absolute atomic E-state index is 13.1. The number of carbonyl (C=O) groups is 1. The molecule has 1 aliphatic heterocycles. The van der Waals surface area contributed by atoms with Crippen LogP contribution in [0.5, 0.6) is 0 Å². The minimum absolute atomic E-state index is 0.0282. The highest BCUT2D eigenvalue weighted by atomic mass is 35.5. The Bertz CT molecular complexity index is 1180. The van der Waals surface area contributed by atoms with Gasteiger partial charge >= 0.3 is 12.2 Å². The van der Waals surface area contributed by atoms with Gasteiger partial charge in [-0.25, -0.2) is 19.7 Å². The van der Waals surface area contributed by atoms with Crippen molar-refractivity contribution >= 4 is 40.8 Å². The van der Waals surface area contributed by atoms with Crippen molar-refractivity contribution < 1.29 is 18.0 Å². The number of amides is 2. The van der Waals surface area contributed by atoms with E-state index >= 15 is 0 Å². The van der Waals surface area contributed by atoms with Gasteiger partial charge in [-0.3, -0.25) is 0 Å². The van der Waals surface area contributed by atoms with E-state index in [9.17, 15) is 18.0 Å². The third kappa shape index (κ3) is 5.66. The summed E-state index contributed by atoms with van der Waals surface area (Å²) in [6.45, 7) is 3.72. The minimum Gasteiger partial charge on any atom is -0.353 e. The summed E-state index contributed by atoms with van der Waals surface area (Å²) in [5.74, 6) is 1.95. The van der Waals surface area contributed by atoms with Crippen molar-refractivity contribution in [2.75, 3.05) is 41.7 Å². The lowest BCUT2D eigenvalue weighted by atomic mass is 10.2. The highest BCUT2D eigenvalue weighted by molar-refractivity contribution is 6.31. The highest BCUT2D eigenvalue weighted by Crippen LogP contribution is 2.36. The fraction of sp³-hybridized carbons (Fsp3) is 0.273. The van der Waals surface area contributed by atoms with Gasteiger partial charge in [0, 0.05) is 44.1 Å². The van der Waals surface area contributed by atoms with Gasteiger partial charge in [0.25, 0.3) is 0 Å². The number of rotatable bonds is 4. The lowest BCUT2D eigenvalue weighted by molar-refractivity contribution is -0.137. The Kier molecular flexibility index (Phi) is 6.73. The van der Waals surface area contributed by atoms with E-state index in [2.05, 4.69) is 25.6 Å². The molecule has 0 atom stereocenters. The standard InChI is InChI=1S/C22H21ClF3N7O/c1-14-4-5-27-18(10-14)31-19-12-20(29-13-28-19)32-6-8-33(9-7-32)21(34)30-15-2-3-17(23)16(11-15)22(24,25)26/h2-5,10-13H,6-9H2,1H3,(H,30,34)(H,27,28,29,31). The van der Waals surface area contributed by atoms with Gasteiger partial charge in [-0.2, -0.15) is 13.2 Å². The van der Waals surface area contributed by atoms with Crippen LogP contribution in [0.1, 0.15) is 11.1 Å². The van der Waals surface area contributed by atoms with Gasteiger partial charge in [0.15, 0.2) is 0 Å². The molecule has 0 spiro atoms. The van der Waals surface area contributed by atoms with E-state index < -0.39 is 22.8 Å². The summed E-state index contributed by atoms with van der Waals surface area (Å²) >= 11 is 5.64. The molecule has 0 radical (unpaired) electrons. The molecule has 1 aliphatic rings. The molecular formula is C22H21ClF3N7O. The Labute approximate surface area is 198 Å². The maximum Gasteiger partial charge on any atom is 0.417 e. The minimum atomic E-state index is -4.61. The van der Waals surface area contributed by atoms with Crippen molar-refractivity contribution in [3.8, 4) is 0 Å². The molecule has 2 N–H and O–H groups in total. The van der Waals surface area contributed by atoms with Crippen LogP contribution < -0.4 is 15.5 Å². The number of nitrogens with one attached hydrogen (secondary N) is 2. The second-order valence-corrected chi connectivity index (χ2v) is 8.11. The fourth-order valence-electron chi connectivity index (χ4n) is 3.49. The first-order valence-electron chi connectivity index (χ1n) is 10.4. The topological polar surface area (TPSA) is 86.3 Å². The van der Waals surface area contributed by atoms with E-state index in [-0.39, 0.29) is 5.69 Å². The predicted molar refractivity (Wildman–Crippen MR) is 124 cm³/mol. The Hall–Kier alpha value is -3.60. The van der Waals surface area contributed by atoms with Crippen molar-refractivity contribution in [3.05, 3.63) is 65.1 Å². The number of aromatic nitrogens is 3. The van der Waals surface area contributed by atoms with Crippen LogP contribution in [0.25, 0.3) is 0 Å². The van der Waals surface area contributed by atoms with Crippen LogP contribution in [0.3, 0.4) is 0 Å². The Morgan fingerprint density at radius 3 is 2.44 bits per heavy atom. The van der Waals surface area contributed by atoms with Crippen LogP contribution in [-0.4, -0.2) is 52.1 Å². The second kappa shape index (κ2) is 9.72. The molecule has 0 unspecified atom stereocenters. The van der Waals surface area contributed by atoms with Gasteiger partial charge in [0.1, 0.15) is 23.8 Å². The smallest absolute Gasteiger partial charge is 0.353 e. The van der Waals surface area contributed by atoms with E-state index in [0.717, 1.165) is 17.7 Å². The number of anilines is 4. The van der Waals surface area contributed by atoms with Gasteiger partial charge in [-0.1, -0.05) is 11.6 Å². The van der Waals surface area contributed by atoms with E-state index in [1.807, 2.05) is 24.0 Å². The molecule has 2 aromatic heterocycles. The Balaban J connectivity index is 1.36. The summed E-state index contributed by atoms with van der Waals surface area (Å²) in [7, 11) is 0. The molecule has 3 heterocycles. The number of halogens is 4. The van der Waals surface area contributed by atoms with Gasteiger partial charge < -0.3 is 20.4 Å². The molecule has 2 amide bonds. The molecule has 34 heavy (non-hydrogen) atoms. The number of urea groups is 1. The summed E-state index contributed by atoms with van der Waals surface area (Å²) < 4.78 is 39.2. The zero-order chi connectivity index (χ0) is 24.3. The molecule has 0 saturated carbocycles. The third-order valence-corrected chi connectivity index (χ3v) is 5.57. The first kappa shape index (κ1) is 23.6. The monoisotopic (exact) mass is 491 g/mol. The number of aryl methyl sites for hydroxylation is 1. The Morgan fingerprint density at radius 1 is 1.00 bits per heavy atom. The first-order valence-corrected chi connectivity index (χ1v) is 10.8. The average Bonchev–Trinajstić information content (AvgIpc) is 2.80. The molecule has 1 aromatic carbocycles. The second-order valence-electron chi connectivity index (χ2n) is 7.70. The molecule has 12 heteroatoms. The number of alkyl halides is 3. The van der Waals surface area contributed by atoms with Crippen LogP contribution in [0, 0.1) is 6.92 Å². The Morgan fingerprint density at radius 2 is 1.74 bits per heavy atom. The summed E-state index contributed by atoms with van der Waals surface area (Å²) in [5.41, 5.74) is 0.0978. The molecule has 0 bridgehead atoms. The number of piperazine rings is 1. The SMILES string of the molecule is Cc1ccnc(Nc2cc(N3CCN(C(=O)Nc4ccc(Cl)c(C(F)(F)F)c4)CC3)ncn2)c1. The summed E-state index contributed by atoms with van der Waals surface area (Å²) in [6, 6.07) is 8.40. The highest BCUT2D eigenvalue weighted by Gasteiger charge is 2.33. The van der Waals surface area contributed by atoms with Crippen molar-refractivity contribution in [2.45, 2.75) is 13.1 Å². The first-order chi connectivity index (χ1) is 16.2. The van der Waals surface area contributed by atoms with Crippen LogP contribution in [0.15, 0.2) is 48.9 Å². The zero-order valence-electron chi connectivity index (χ0n) is 18.1. The lowest BCUT2D eigenvalue weighted by Gasteiger charge is -2.35. The molecule has 0 aliphatic carbocycles. The normalized spacial score (nSPS) is 14.1. The molecule has 1 fully saturated rings. The molecule has 8 nitrogen and oxygen atoms in total. The van der Waals surface area contributed by atoms with Crippen LogP contribution >= 0.6 is 11.6 Å². The van der Waals surface area contributed by atoms with E-state index in [0.29, 0.717) is 43.6 Å². The van der Waals surface area contributed by atoms with Gasteiger partial charge in [0.05, 0.1) is 10.6 Å². The van der Waals surface area contributed by atoms with E-state index in [1.54, 1.807) is 12.3 Å². The number of benzene rings is 1. The van der Waals surface area contributed by atoms with E-state index in [1.165, 1.54) is 17.3 Å². The van der Waals surface area contributed by atoms with Crippen molar-refractivity contribution in [1.82, 2.24) is 19.9 Å². The largest absolute Gasteiger partial charge is 0.417 e. The molecule has 3 aromatic rings. The average molecular weight is 492 g/mol. The summed E-state index contributed by atoms with van der Waals surface area (Å²) in [5, 5.41) is 5.24. The molecule has 178 valence electrons. The van der Waals surface area contributed by atoms with Gasteiger partial charge in [-0.05, 0) is 42.8 Å². The molecule has 4 rings (SSSR count). The maximum atomic E-state index is 13.1. The molecule has 1 saturated heterocycles. The lowest BCUT2D eigenvalue weighted by Crippen LogP contribution is -2.50. The quantitative estimate of drug-likeness (QED) is 0.537. The predicted octanol–water partition coefficient (Wildman–Crippen LogP) is 4.95. The number of hydrogen-bond donors (Lipinski definition) is 2. The van der Waals surface area contributed by atoms with Crippen LogP contribution in [0.4, 0.5) is 41.1 Å². The zero-order valence-corrected chi connectivity index (χ0v) is 18.9. The van der Waals surface area contributed by atoms with Crippen LogP contribution in [-0.2, 0) is 6.18 Å². The fourth-order valence-corrected chi connectivity index (χ4v) is 3.71. The van der Waals surface area contributed by atoms with Crippen molar-refractivity contribution in [1.29, 1.82) is 0 Å². The number of carbonyl (C=O) groups excluding carboxylic acids is 1. The van der Waals surface area contributed by atoms with Gasteiger partial charge in [0.2, 0.25) is 0 Å². The number of pyridine rings is 1. The van der Waals surface area contributed by atoms with Crippen LogP contribution in [0.2, 0.25) is 5.02 Å². The number of nitrogens with zero attached hydrogens (tertiary/aromatic N) is 5.